The van der Waals surface area contributed by atoms with Crippen LogP contribution in [-0.4, -0.2) is 4.11 Å². The minimum atomic E-state index is 0.845. The molecule has 0 N–H and O–H groups in total. The molecule has 0 spiro atoms. The van der Waals surface area contributed by atoms with Gasteiger partial charge in [-0.3, -0.25) is 0 Å². The lowest BCUT2D eigenvalue weighted by Crippen LogP contribution is -2.04. The van der Waals surface area contributed by atoms with Crippen LogP contribution < -0.4 is 4.84 Å². The predicted molar refractivity (Wildman–Crippen MR) is 47.5 cm³/mol. The van der Waals surface area contributed by atoms with E-state index >= 15 is 0 Å². The smallest absolute Gasteiger partial charge is 0.216 e. The van der Waals surface area contributed by atoms with Crippen LogP contribution in [0.15, 0.2) is 36.5 Å². The SMILES string of the molecule is S=[N+]1C=CCc2ccccc2O1. The van der Waals surface area contributed by atoms with Crippen molar-refractivity contribution in [1.82, 2.24) is 0 Å². The molecule has 0 fully saturated rings. The fourth-order valence-corrected chi connectivity index (χ4v) is 1.32. The molecule has 0 radical (unpaired) electrons. The summed E-state index contributed by atoms with van der Waals surface area (Å²) in [4.78, 5) is 5.32. The topological polar surface area (TPSA) is 12.2 Å². The highest BCUT2D eigenvalue weighted by Crippen LogP contribution is 2.20. The van der Waals surface area contributed by atoms with Crippen LogP contribution >= 0.6 is 0 Å². The second kappa shape index (κ2) is 3.03. The molecule has 0 unspecified atom stereocenters. The Morgan fingerprint density at radius 1 is 1.33 bits per heavy atom. The standard InChI is InChI=1S/C9H8NOS/c12-10-7-3-5-8-4-1-2-6-9(8)11-10/h1-4,6-7H,5H2/q+1. The summed E-state index contributed by atoms with van der Waals surface area (Å²) in [6.07, 6.45) is 4.61. The van der Waals surface area contributed by atoms with Crippen LogP contribution in [0.3, 0.4) is 0 Å². The van der Waals surface area contributed by atoms with Gasteiger partial charge in [0.25, 0.3) is 0 Å². The normalized spacial score (nSPS) is 14.8. The van der Waals surface area contributed by atoms with Crippen molar-refractivity contribution in [3.8, 4) is 5.75 Å². The van der Waals surface area contributed by atoms with Crippen LogP contribution in [-0.2, 0) is 18.8 Å². The Labute approximate surface area is 76.2 Å². The highest BCUT2D eigenvalue weighted by atomic mass is 32.1. The van der Waals surface area contributed by atoms with Crippen molar-refractivity contribution in [3.05, 3.63) is 42.1 Å². The molecule has 2 nitrogen and oxygen atoms in total. The molecule has 0 amide bonds. The lowest BCUT2D eigenvalue weighted by molar-refractivity contribution is -0.668. The number of rotatable bonds is 0. The highest BCUT2D eigenvalue weighted by molar-refractivity contribution is 7.44. The maximum atomic E-state index is 5.32. The first kappa shape index (κ1) is 7.43. The summed E-state index contributed by atoms with van der Waals surface area (Å²) in [5, 5.41) is 0. The van der Waals surface area contributed by atoms with Crippen LogP contribution in [0, 0.1) is 0 Å². The molecule has 0 saturated carbocycles. The Hall–Kier alpha value is -1.22. The molecule has 1 aromatic rings. The largest absolute Gasteiger partial charge is 0.328 e. The van der Waals surface area contributed by atoms with Gasteiger partial charge < -0.3 is 0 Å². The quantitative estimate of drug-likeness (QED) is 0.561. The van der Waals surface area contributed by atoms with Gasteiger partial charge in [-0.15, -0.1) is 0 Å². The van der Waals surface area contributed by atoms with Crippen LogP contribution in [0.2, 0.25) is 0 Å². The Balaban J connectivity index is 2.44. The number of hydroxylamine groups is 1. The van der Waals surface area contributed by atoms with Gasteiger partial charge in [-0.25, -0.2) is 4.84 Å². The average molecular weight is 178 g/mol. The highest BCUT2D eigenvalue weighted by Gasteiger charge is 2.12. The molecule has 1 aromatic carbocycles. The maximum Gasteiger partial charge on any atom is 0.328 e. The summed E-state index contributed by atoms with van der Waals surface area (Å²) in [6, 6.07) is 7.89. The minimum Gasteiger partial charge on any atom is -0.216 e. The first-order chi connectivity index (χ1) is 5.86. The van der Waals surface area contributed by atoms with Crippen molar-refractivity contribution < 1.29 is 8.95 Å². The lowest BCUT2D eigenvalue weighted by atomic mass is 10.1. The first-order valence-corrected chi connectivity index (χ1v) is 4.12. The van der Waals surface area contributed by atoms with E-state index in [0.29, 0.717) is 0 Å². The van der Waals surface area contributed by atoms with Gasteiger partial charge in [0.1, 0.15) is 0 Å². The van der Waals surface area contributed by atoms with E-state index in [1.165, 1.54) is 9.67 Å². The maximum absolute atomic E-state index is 5.32. The number of nitrogens with zero attached hydrogens (tertiary/aromatic N) is 1. The van der Waals surface area contributed by atoms with E-state index in [1.807, 2.05) is 30.3 Å². The van der Waals surface area contributed by atoms with Gasteiger partial charge in [0, 0.05) is 12.0 Å². The van der Waals surface area contributed by atoms with E-state index in [9.17, 15) is 0 Å². The third-order valence-electron chi connectivity index (χ3n) is 1.73. The number of benzene rings is 1. The van der Waals surface area contributed by atoms with Crippen molar-refractivity contribution in [3.63, 3.8) is 0 Å². The molecule has 0 atom stereocenters. The molecule has 60 valence electrons. The van der Waals surface area contributed by atoms with Gasteiger partial charge in [-0.2, -0.15) is 0 Å². The van der Waals surface area contributed by atoms with Crippen LogP contribution in [0.25, 0.3) is 0 Å². The van der Waals surface area contributed by atoms with Gasteiger partial charge in [0.15, 0.2) is 0 Å². The number of para-hydroxylation sites is 1. The van der Waals surface area contributed by atoms with Crippen molar-refractivity contribution in [2.45, 2.75) is 6.42 Å². The summed E-state index contributed by atoms with van der Waals surface area (Å²) < 4.78 is 1.30. The molecule has 1 heterocycles. The van der Waals surface area contributed by atoms with E-state index in [-0.39, 0.29) is 0 Å². The van der Waals surface area contributed by atoms with Crippen molar-refractivity contribution in [2.75, 3.05) is 0 Å². The lowest BCUT2D eigenvalue weighted by Gasteiger charge is -1.97. The van der Waals surface area contributed by atoms with E-state index in [0.717, 1.165) is 12.2 Å². The van der Waals surface area contributed by atoms with Gasteiger partial charge in [-0.05, 0) is 12.1 Å². The molecule has 0 aromatic heterocycles. The number of fused-ring (bicyclic) bond motifs is 1. The second-order valence-corrected chi connectivity index (χ2v) is 2.93. The number of hydrogen-bond acceptors (Lipinski definition) is 2. The molecule has 3 heteroatoms. The Morgan fingerprint density at radius 3 is 3.08 bits per heavy atom. The number of hydrogen-bond donors (Lipinski definition) is 0. The molecular formula is C9H8NOS+. The average Bonchev–Trinajstić information content (AvgIpc) is 2.25. The van der Waals surface area contributed by atoms with Crippen molar-refractivity contribution >= 4 is 12.4 Å². The Morgan fingerprint density at radius 2 is 2.17 bits per heavy atom. The zero-order chi connectivity index (χ0) is 8.39. The van der Waals surface area contributed by atoms with Crippen molar-refractivity contribution in [2.24, 2.45) is 0 Å². The fraction of sp³-hybridized carbons (Fsp3) is 0.111. The Bertz CT molecular complexity index is 346. The summed E-state index contributed by atoms with van der Waals surface area (Å²) in [7, 11) is 0. The van der Waals surface area contributed by atoms with Crippen molar-refractivity contribution in [1.29, 1.82) is 0 Å². The van der Waals surface area contributed by atoms with E-state index in [2.05, 4.69) is 0 Å². The third-order valence-corrected chi connectivity index (χ3v) is 1.92. The molecule has 1 aliphatic heterocycles. The van der Waals surface area contributed by atoms with E-state index in [1.54, 1.807) is 6.20 Å². The third kappa shape index (κ3) is 1.36. The van der Waals surface area contributed by atoms with Crippen LogP contribution in [0.4, 0.5) is 0 Å². The predicted octanol–water partition coefficient (Wildman–Crippen LogP) is 1.79. The van der Waals surface area contributed by atoms with Gasteiger partial charge in [0.05, 0.1) is 4.11 Å². The zero-order valence-corrected chi connectivity index (χ0v) is 7.25. The summed E-state index contributed by atoms with van der Waals surface area (Å²) >= 11 is 4.88. The van der Waals surface area contributed by atoms with E-state index in [4.69, 9.17) is 17.3 Å². The van der Waals surface area contributed by atoms with Crippen LogP contribution in [0.1, 0.15) is 5.56 Å². The summed E-state index contributed by atoms with van der Waals surface area (Å²) in [6.45, 7) is 0. The molecule has 12 heavy (non-hydrogen) atoms. The molecular weight excluding hydrogens is 170 g/mol. The fourth-order valence-electron chi connectivity index (χ4n) is 1.15. The second-order valence-electron chi connectivity index (χ2n) is 2.57. The molecule has 1 aliphatic rings. The summed E-state index contributed by atoms with van der Waals surface area (Å²) in [5.74, 6) is 0.845. The van der Waals surface area contributed by atoms with Gasteiger partial charge in [0.2, 0.25) is 11.9 Å². The molecule has 0 bridgehead atoms. The molecule has 2 rings (SSSR count). The Kier molecular flexibility index (Phi) is 1.87. The van der Waals surface area contributed by atoms with E-state index < -0.39 is 0 Å². The molecule has 0 aliphatic carbocycles. The molecule has 0 saturated heterocycles. The first-order valence-electron chi connectivity index (χ1n) is 3.75. The van der Waals surface area contributed by atoms with Gasteiger partial charge >= 0.3 is 12.4 Å². The summed E-state index contributed by atoms with van der Waals surface area (Å²) in [5.41, 5.74) is 1.17. The van der Waals surface area contributed by atoms with Gasteiger partial charge in [-0.1, -0.05) is 18.2 Å². The minimum absolute atomic E-state index is 0.845. The monoisotopic (exact) mass is 178 g/mol. The van der Waals surface area contributed by atoms with Crippen LogP contribution in [0.5, 0.6) is 5.75 Å². The number of allylic oxidation sites excluding steroid dienone is 1. The zero-order valence-electron chi connectivity index (χ0n) is 6.43.